The van der Waals surface area contributed by atoms with Gasteiger partial charge in [-0.2, -0.15) is 0 Å². The van der Waals surface area contributed by atoms with E-state index in [2.05, 4.69) is 23.6 Å². The molecule has 2 aliphatic rings. The van der Waals surface area contributed by atoms with Crippen molar-refractivity contribution in [2.45, 2.75) is 38.3 Å². The van der Waals surface area contributed by atoms with Crippen LogP contribution in [0, 0.1) is 0 Å². The number of piperazine rings is 1. The summed E-state index contributed by atoms with van der Waals surface area (Å²) in [6, 6.07) is 0.929. The molecule has 0 aromatic carbocycles. The highest BCUT2D eigenvalue weighted by Crippen LogP contribution is 2.28. The van der Waals surface area contributed by atoms with Gasteiger partial charge in [-0.1, -0.05) is 0 Å². The molecule has 0 radical (unpaired) electrons. The highest BCUT2D eigenvalue weighted by atomic mass is 15.3. The first-order chi connectivity index (χ1) is 6.63. The molecule has 82 valence electrons. The van der Waals surface area contributed by atoms with Crippen molar-refractivity contribution >= 4 is 0 Å². The van der Waals surface area contributed by atoms with E-state index >= 15 is 0 Å². The quantitative estimate of drug-likeness (QED) is 0.715. The number of rotatable bonds is 3. The third-order valence-corrected chi connectivity index (χ3v) is 3.73. The largest absolute Gasteiger partial charge is 0.329 e. The van der Waals surface area contributed by atoms with Crippen molar-refractivity contribution in [1.29, 1.82) is 0 Å². The SMILES string of the molecule is CC(C)(CN)N1CCN(C2CC2)CC1. The summed E-state index contributed by atoms with van der Waals surface area (Å²) in [5.41, 5.74) is 5.98. The maximum atomic E-state index is 5.79. The standard InChI is InChI=1S/C11H23N3/c1-11(2,9-12)14-7-5-13(6-8-14)10-3-4-10/h10H,3-9,12H2,1-2H3. The third-order valence-electron chi connectivity index (χ3n) is 3.73. The van der Waals surface area contributed by atoms with Gasteiger partial charge in [0, 0.05) is 44.3 Å². The molecule has 0 amide bonds. The summed E-state index contributed by atoms with van der Waals surface area (Å²) in [5, 5.41) is 0. The molecule has 2 N–H and O–H groups in total. The molecule has 2 fully saturated rings. The second-order valence-corrected chi connectivity index (χ2v) is 5.27. The van der Waals surface area contributed by atoms with E-state index in [9.17, 15) is 0 Å². The van der Waals surface area contributed by atoms with E-state index in [0.29, 0.717) is 0 Å². The first-order valence-electron chi connectivity index (χ1n) is 5.83. The highest BCUT2D eigenvalue weighted by Gasteiger charge is 2.34. The van der Waals surface area contributed by atoms with E-state index in [-0.39, 0.29) is 5.54 Å². The fourth-order valence-electron chi connectivity index (χ4n) is 2.26. The van der Waals surface area contributed by atoms with Crippen molar-refractivity contribution in [3.8, 4) is 0 Å². The van der Waals surface area contributed by atoms with E-state index < -0.39 is 0 Å². The Hall–Kier alpha value is -0.120. The van der Waals surface area contributed by atoms with E-state index in [4.69, 9.17) is 5.73 Å². The van der Waals surface area contributed by atoms with Crippen LogP contribution in [0.5, 0.6) is 0 Å². The molecule has 1 saturated carbocycles. The van der Waals surface area contributed by atoms with Crippen LogP contribution in [0.3, 0.4) is 0 Å². The molecule has 1 aliphatic carbocycles. The van der Waals surface area contributed by atoms with Crippen LogP contribution in [0.2, 0.25) is 0 Å². The van der Waals surface area contributed by atoms with Gasteiger partial charge in [-0.15, -0.1) is 0 Å². The van der Waals surface area contributed by atoms with Gasteiger partial charge in [0.05, 0.1) is 0 Å². The Morgan fingerprint density at radius 2 is 1.71 bits per heavy atom. The zero-order valence-electron chi connectivity index (χ0n) is 9.50. The molecule has 0 aromatic rings. The number of nitrogens with zero attached hydrogens (tertiary/aromatic N) is 2. The van der Waals surface area contributed by atoms with Gasteiger partial charge in [-0.25, -0.2) is 0 Å². The summed E-state index contributed by atoms with van der Waals surface area (Å²) >= 11 is 0. The predicted octanol–water partition coefficient (Wildman–Crippen LogP) is 0.504. The Bertz CT molecular complexity index is 191. The van der Waals surface area contributed by atoms with Gasteiger partial charge in [0.2, 0.25) is 0 Å². The molecule has 0 aromatic heterocycles. The van der Waals surface area contributed by atoms with Crippen LogP contribution in [-0.2, 0) is 0 Å². The van der Waals surface area contributed by atoms with Gasteiger partial charge in [-0.05, 0) is 26.7 Å². The molecule has 0 spiro atoms. The summed E-state index contributed by atoms with van der Waals surface area (Å²) in [4.78, 5) is 5.18. The zero-order chi connectivity index (χ0) is 10.2. The molecule has 3 nitrogen and oxygen atoms in total. The third kappa shape index (κ3) is 2.10. The summed E-state index contributed by atoms with van der Waals surface area (Å²) < 4.78 is 0. The Kier molecular flexibility index (Phi) is 2.82. The van der Waals surface area contributed by atoms with Crippen molar-refractivity contribution in [2.24, 2.45) is 5.73 Å². The van der Waals surface area contributed by atoms with Gasteiger partial charge in [0.1, 0.15) is 0 Å². The van der Waals surface area contributed by atoms with Gasteiger partial charge < -0.3 is 5.73 Å². The lowest BCUT2D eigenvalue weighted by Crippen LogP contribution is -2.57. The van der Waals surface area contributed by atoms with Gasteiger partial charge in [0.25, 0.3) is 0 Å². The van der Waals surface area contributed by atoms with Gasteiger partial charge in [0.15, 0.2) is 0 Å². The zero-order valence-corrected chi connectivity index (χ0v) is 9.50. The normalized spacial score (nSPS) is 26.8. The molecule has 0 bridgehead atoms. The van der Waals surface area contributed by atoms with Crippen LogP contribution in [0.1, 0.15) is 26.7 Å². The average Bonchev–Trinajstić information content (AvgIpc) is 3.01. The van der Waals surface area contributed by atoms with Gasteiger partial charge >= 0.3 is 0 Å². The fraction of sp³-hybridized carbons (Fsp3) is 1.00. The molecule has 2 rings (SSSR count). The average molecular weight is 197 g/mol. The Balaban J connectivity index is 1.82. The van der Waals surface area contributed by atoms with Crippen LogP contribution < -0.4 is 5.73 Å². The topological polar surface area (TPSA) is 32.5 Å². The Morgan fingerprint density at radius 3 is 2.14 bits per heavy atom. The smallest absolute Gasteiger partial charge is 0.0276 e. The number of hydrogen-bond donors (Lipinski definition) is 1. The van der Waals surface area contributed by atoms with Crippen LogP contribution in [0.4, 0.5) is 0 Å². The molecule has 1 saturated heterocycles. The van der Waals surface area contributed by atoms with E-state index in [1.165, 1.54) is 39.0 Å². The fourth-order valence-corrected chi connectivity index (χ4v) is 2.26. The molecule has 14 heavy (non-hydrogen) atoms. The first kappa shape index (κ1) is 10.4. The minimum atomic E-state index is 0.190. The maximum absolute atomic E-state index is 5.79. The van der Waals surface area contributed by atoms with E-state index in [0.717, 1.165) is 12.6 Å². The Morgan fingerprint density at radius 1 is 1.14 bits per heavy atom. The van der Waals surface area contributed by atoms with Crippen LogP contribution in [0.25, 0.3) is 0 Å². The predicted molar refractivity (Wildman–Crippen MR) is 59.3 cm³/mol. The second kappa shape index (κ2) is 3.80. The maximum Gasteiger partial charge on any atom is 0.0276 e. The highest BCUT2D eigenvalue weighted by molar-refractivity contribution is 4.91. The molecular formula is C11H23N3. The van der Waals surface area contributed by atoms with Crippen molar-refractivity contribution in [1.82, 2.24) is 9.80 Å². The molecule has 0 atom stereocenters. The molecule has 0 unspecified atom stereocenters. The summed E-state index contributed by atoms with van der Waals surface area (Å²) in [6.07, 6.45) is 2.86. The summed E-state index contributed by atoms with van der Waals surface area (Å²) in [5.74, 6) is 0. The van der Waals surface area contributed by atoms with Crippen LogP contribution in [0.15, 0.2) is 0 Å². The Labute approximate surface area is 87.2 Å². The lowest BCUT2D eigenvalue weighted by Gasteiger charge is -2.43. The van der Waals surface area contributed by atoms with Crippen molar-refractivity contribution in [3.63, 3.8) is 0 Å². The van der Waals surface area contributed by atoms with Crippen LogP contribution >= 0.6 is 0 Å². The first-order valence-corrected chi connectivity index (χ1v) is 5.83. The summed E-state index contributed by atoms with van der Waals surface area (Å²) in [7, 11) is 0. The minimum absolute atomic E-state index is 0.190. The number of hydrogen-bond acceptors (Lipinski definition) is 3. The van der Waals surface area contributed by atoms with Crippen molar-refractivity contribution in [3.05, 3.63) is 0 Å². The number of nitrogens with two attached hydrogens (primary N) is 1. The monoisotopic (exact) mass is 197 g/mol. The van der Waals surface area contributed by atoms with E-state index in [1.807, 2.05) is 0 Å². The molecule has 3 heteroatoms. The molecule has 1 heterocycles. The molecular weight excluding hydrogens is 174 g/mol. The van der Waals surface area contributed by atoms with Crippen molar-refractivity contribution < 1.29 is 0 Å². The lowest BCUT2D eigenvalue weighted by molar-refractivity contribution is 0.0536. The lowest BCUT2D eigenvalue weighted by atomic mass is 10.0. The summed E-state index contributed by atoms with van der Waals surface area (Å²) in [6.45, 7) is 10.1. The van der Waals surface area contributed by atoms with Gasteiger partial charge in [-0.3, -0.25) is 9.80 Å². The minimum Gasteiger partial charge on any atom is -0.329 e. The second-order valence-electron chi connectivity index (χ2n) is 5.27. The van der Waals surface area contributed by atoms with Crippen LogP contribution in [-0.4, -0.2) is 54.1 Å². The van der Waals surface area contributed by atoms with Crippen molar-refractivity contribution in [2.75, 3.05) is 32.7 Å². The van der Waals surface area contributed by atoms with E-state index in [1.54, 1.807) is 0 Å². The molecule has 1 aliphatic heterocycles.